The molecule has 136 valence electrons. The molecular formula is C19H18FNO4S. The van der Waals surface area contributed by atoms with Crippen molar-refractivity contribution in [2.24, 2.45) is 0 Å². The molecule has 26 heavy (non-hydrogen) atoms. The van der Waals surface area contributed by atoms with Crippen LogP contribution < -0.4 is 9.64 Å². The minimum absolute atomic E-state index is 0.187. The number of amides is 1. The lowest BCUT2D eigenvalue weighted by atomic mass is 10.1. The summed E-state index contributed by atoms with van der Waals surface area (Å²) in [6.45, 7) is 2.38. The molecule has 0 saturated carbocycles. The first-order valence-corrected chi connectivity index (χ1v) is 9.84. The summed E-state index contributed by atoms with van der Waals surface area (Å²) in [7, 11) is -3.35. The van der Waals surface area contributed by atoms with Crippen LogP contribution in [0, 0.1) is 5.82 Å². The molecule has 1 atom stereocenters. The summed E-state index contributed by atoms with van der Waals surface area (Å²) in [6, 6.07) is 11.4. The molecule has 0 radical (unpaired) electrons. The third-order valence-electron chi connectivity index (χ3n) is 3.98. The van der Waals surface area contributed by atoms with Crippen molar-refractivity contribution in [1.82, 2.24) is 0 Å². The number of halogens is 1. The maximum Gasteiger partial charge on any atom is 0.258 e. The smallest absolute Gasteiger partial charge is 0.258 e. The zero-order valence-corrected chi connectivity index (χ0v) is 14.9. The fourth-order valence-electron chi connectivity index (χ4n) is 2.78. The third kappa shape index (κ3) is 3.94. The Kier molecular flexibility index (Phi) is 5.08. The Morgan fingerprint density at radius 1 is 1.15 bits per heavy atom. The molecule has 2 aromatic carbocycles. The van der Waals surface area contributed by atoms with Crippen molar-refractivity contribution < 1.29 is 22.3 Å². The van der Waals surface area contributed by atoms with Crippen LogP contribution in [0.15, 0.2) is 60.0 Å². The molecule has 0 saturated heterocycles. The number of sulfone groups is 1. The predicted octanol–water partition coefficient (Wildman–Crippen LogP) is 3.18. The van der Waals surface area contributed by atoms with Crippen LogP contribution in [-0.2, 0) is 9.84 Å². The second-order valence-corrected chi connectivity index (χ2v) is 7.77. The number of carbonyl (C=O) groups excluding carboxylic acids is 1. The Bertz CT molecular complexity index is 921. The molecular weight excluding hydrogens is 357 g/mol. The number of benzene rings is 2. The van der Waals surface area contributed by atoms with E-state index in [9.17, 15) is 17.6 Å². The van der Waals surface area contributed by atoms with Gasteiger partial charge in [0, 0.05) is 16.7 Å². The molecule has 1 aliphatic heterocycles. The van der Waals surface area contributed by atoms with Crippen molar-refractivity contribution in [1.29, 1.82) is 0 Å². The highest BCUT2D eigenvalue weighted by Crippen LogP contribution is 2.27. The van der Waals surface area contributed by atoms with Gasteiger partial charge in [-0.25, -0.2) is 12.8 Å². The van der Waals surface area contributed by atoms with Gasteiger partial charge in [0.1, 0.15) is 11.6 Å². The maximum absolute atomic E-state index is 13.2. The summed E-state index contributed by atoms with van der Waals surface area (Å²) in [4.78, 5) is 14.4. The largest absolute Gasteiger partial charge is 0.494 e. The van der Waals surface area contributed by atoms with Crippen molar-refractivity contribution in [3.05, 3.63) is 71.4 Å². The van der Waals surface area contributed by atoms with Gasteiger partial charge in [0.15, 0.2) is 9.84 Å². The van der Waals surface area contributed by atoms with Crippen LogP contribution in [0.25, 0.3) is 0 Å². The number of ether oxygens (including phenoxy) is 1. The van der Waals surface area contributed by atoms with E-state index in [4.69, 9.17) is 4.74 Å². The van der Waals surface area contributed by atoms with Gasteiger partial charge in [-0.1, -0.05) is 0 Å². The highest BCUT2D eigenvalue weighted by molar-refractivity contribution is 7.94. The van der Waals surface area contributed by atoms with Crippen molar-refractivity contribution in [3.63, 3.8) is 0 Å². The van der Waals surface area contributed by atoms with Gasteiger partial charge >= 0.3 is 0 Å². The van der Waals surface area contributed by atoms with E-state index >= 15 is 0 Å². The van der Waals surface area contributed by atoms with Gasteiger partial charge in [-0.3, -0.25) is 4.79 Å². The van der Waals surface area contributed by atoms with Crippen LogP contribution in [0.1, 0.15) is 17.3 Å². The van der Waals surface area contributed by atoms with E-state index in [1.165, 1.54) is 35.2 Å². The first-order valence-electron chi connectivity index (χ1n) is 8.12. The lowest BCUT2D eigenvalue weighted by Gasteiger charge is -2.28. The Hall–Kier alpha value is -2.67. The third-order valence-corrected chi connectivity index (χ3v) is 5.36. The van der Waals surface area contributed by atoms with E-state index in [0.717, 1.165) is 5.41 Å². The average Bonchev–Trinajstić information content (AvgIpc) is 2.97. The number of hydrogen-bond acceptors (Lipinski definition) is 4. The fraction of sp³-hybridized carbons (Fsp3) is 0.211. The van der Waals surface area contributed by atoms with Crippen molar-refractivity contribution in [3.8, 4) is 5.75 Å². The molecule has 1 heterocycles. The fourth-order valence-corrected chi connectivity index (χ4v) is 4.05. The molecule has 7 heteroatoms. The molecule has 2 aromatic rings. The number of carbonyl (C=O) groups is 1. The Morgan fingerprint density at radius 3 is 2.35 bits per heavy atom. The van der Waals surface area contributed by atoms with E-state index in [1.807, 2.05) is 6.92 Å². The van der Waals surface area contributed by atoms with Gasteiger partial charge in [0.2, 0.25) is 0 Å². The molecule has 0 spiro atoms. The van der Waals surface area contributed by atoms with Crippen LogP contribution in [0.5, 0.6) is 5.75 Å². The highest BCUT2D eigenvalue weighted by Gasteiger charge is 2.32. The van der Waals surface area contributed by atoms with Crippen molar-refractivity contribution in [2.75, 3.05) is 17.3 Å². The maximum atomic E-state index is 13.2. The van der Waals surface area contributed by atoms with Gasteiger partial charge in [0.05, 0.1) is 18.4 Å². The van der Waals surface area contributed by atoms with Gasteiger partial charge < -0.3 is 9.64 Å². The number of nitrogens with zero attached hydrogens (tertiary/aromatic N) is 1. The second kappa shape index (κ2) is 7.29. The summed E-state index contributed by atoms with van der Waals surface area (Å²) in [5, 5.41) is 1.12. The van der Waals surface area contributed by atoms with Crippen LogP contribution >= 0.6 is 0 Å². The molecule has 0 bridgehead atoms. The van der Waals surface area contributed by atoms with E-state index in [0.29, 0.717) is 18.0 Å². The van der Waals surface area contributed by atoms with Crippen LogP contribution in [-0.4, -0.2) is 32.7 Å². The van der Waals surface area contributed by atoms with E-state index in [-0.39, 0.29) is 11.3 Å². The van der Waals surface area contributed by atoms with Gasteiger partial charge in [-0.2, -0.15) is 0 Å². The first-order chi connectivity index (χ1) is 12.4. The summed E-state index contributed by atoms with van der Waals surface area (Å²) in [6.07, 6.45) is 1.49. The monoisotopic (exact) mass is 375 g/mol. The molecule has 0 aromatic heterocycles. The highest BCUT2D eigenvalue weighted by atomic mass is 32.2. The molecule has 0 N–H and O–H groups in total. The average molecular weight is 375 g/mol. The molecule has 3 rings (SSSR count). The van der Waals surface area contributed by atoms with Gasteiger partial charge in [-0.05, 0) is 61.5 Å². The Balaban J connectivity index is 1.97. The van der Waals surface area contributed by atoms with Crippen LogP contribution in [0.4, 0.5) is 10.1 Å². The molecule has 1 unspecified atom stereocenters. The predicted molar refractivity (Wildman–Crippen MR) is 97.5 cm³/mol. The first kappa shape index (κ1) is 18.1. The summed E-state index contributed by atoms with van der Waals surface area (Å²) in [5.74, 6) is -0.383. The summed E-state index contributed by atoms with van der Waals surface area (Å²) >= 11 is 0. The lowest BCUT2D eigenvalue weighted by molar-refractivity contribution is 0.0983. The zero-order valence-electron chi connectivity index (χ0n) is 14.1. The summed E-state index contributed by atoms with van der Waals surface area (Å²) < 4.78 is 42.2. The second-order valence-electron chi connectivity index (χ2n) is 5.83. The number of hydrogen-bond donors (Lipinski definition) is 0. The van der Waals surface area contributed by atoms with E-state index in [1.54, 1.807) is 24.3 Å². The normalized spacial score (nSPS) is 17.8. The van der Waals surface area contributed by atoms with Crippen molar-refractivity contribution >= 4 is 21.4 Å². The molecule has 5 nitrogen and oxygen atoms in total. The molecule has 0 fully saturated rings. The molecule has 1 amide bonds. The summed E-state index contributed by atoms with van der Waals surface area (Å²) in [5.41, 5.74) is 0.813. The number of anilines is 1. The van der Waals surface area contributed by atoms with Crippen LogP contribution in [0.2, 0.25) is 0 Å². The number of rotatable bonds is 5. The SMILES string of the molecule is CCOc1ccc(N(C(=O)c2ccc(F)cc2)C2C=CS(=O)(=O)C2)cc1. The topological polar surface area (TPSA) is 63.7 Å². The van der Waals surface area contributed by atoms with Gasteiger partial charge in [-0.15, -0.1) is 0 Å². The minimum Gasteiger partial charge on any atom is -0.494 e. The van der Waals surface area contributed by atoms with E-state index in [2.05, 4.69) is 0 Å². The zero-order chi connectivity index (χ0) is 18.7. The Morgan fingerprint density at radius 2 is 1.81 bits per heavy atom. The van der Waals surface area contributed by atoms with Crippen molar-refractivity contribution in [2.45, 2.75) is 13.0 Å². The quantitative estimate of drug-likeness (QED) is 0.805. The van der Waals surface area contributed by atoms with E-state index < -0.39 is 27.6 Å². The molecule has 0 aliphatic carbocycles. The minimum atomic E-state index is -3.35. The van der Waals surface area contributed by atoms with Crippen LogP contribution in [0.3, 0.4) is 0 Å². The lowest BCUT2D eigenvalue weighted by Crippen LogP contribution is -2.41. The Labute approximate surface area is 151 Å². The van der Waals surface area contributed by atoms with Gasteiger partial charge in [0.25, 0.3) is 5.91 Å². The molecule has 1 aliphatic rings. The standard InChI is InChI=1S/C19H18FNO4S/c1-2-25-18-9-7-16(8-10-18)21(17-11-12-26(23,24)13-17)19(22)14-3-5-15(20)6-4-14/h3-12,17H,2,13H2,1H3.